The van der Waals surface area contributed by atoms with Gasteiger partial charge in [-0.1, -0.05) is 62.1 Å². The summed E-state index contributed by atoms with van der Waals surface area (Å²) < 4.78 is 0.326. The van der Waals surface area contributed by atoms with Crippen molar-refractivity contribution in [1.82, 2.24) is 0 Å². The van der Waals surface area contributed by atoms with Gasteiger partial charge in [0.25, 0.3) is 5.91 Å². The molecule has 2 N–H and O–H groups in total. The maximum Gasteiger partial charge on any atom is 0.339 e. The first-order valence-corrected chi connectivity index (χ1v) is 9.44. The van der Waals surface area contributed by atoms with E-state index in [-0.39, 0.29) is 11.5 Å². The van der Waals surface area contributed by atoms with Crippen LogP contribution in [0.25, 0.3) is 6.08 Å². The maximum absolute atomic E-state index is 12.8. The highest BCUT2D eigenvalue weighted by molar-refractivity contribution is 8.27. The average Bonchev–Trinajstić information content (AvgIpc) is 2.88. The van der Waals surface area contributed by atoms with Gasteiger partial charge in [-0.15, -0.1) is 0 Å². The molecule has 1 aliphatic rings. The molecule has 1 fully saturated rings. The van der Waals surface area contributed by atoms with Crippen molar-refractivity contribution in [2.75, 3.05) is 4.90 Å². The number of rotatable bonds is 4. The molecule has 2 aromatic carbocycles. The van der Waals surface area contributed by atoms with Gasteiger partial charge in [0.2, 0.25) is 0 Å². The van der Waals surface area contributed by atoms with E-state index in [9.17, 15) is 14.7 Å². The first-order chi connectivity index (χ1) is 12.8. The number of hydrogen-bond donors (Lipinski definition) is 2. The molecular formula is C20H17NO4S2. The number of amides is 1. The number of aromatic hydroxyl groups is 1. The molecule has 0 saturated carbocycles. The van der Waals surface area contributed by atoms with Crippen molar-refractivity contribution in [3.63, 3.8) is 0 Å². The van der Waals surface area contributed by atoms with Crippen LogP contribution < -0.4 is 4.90 Å². The molecule has 0 unspecified atom stereocenters. The van der Waals surface area contributed by atoms with E-state index in [0.29, 0.717) is 20.8 Å². The fourth-order valence-electron chi connectivity index (χ4n) is 2.66. The fraction of sp³-hybridized carbons (Fsp3) is 0.150. The minimum Gasteiger partial charge on any atom is -0.507 e. The molecule has 138 valence electrons. The second-order valence-corrected chi connectivity index (χ2v) is 8.02. The third-order valence-electron chi connectivity index (χ3n) is 4.16. The molecule has 0 aliphatic carbocycles. The van der Waals surface area contributed by atoms with Crippen LogP contribution >= 0.6 is 24.0 Å². The highest BCUT2D eigenvalue weighted by Gasteiger charge is 2.33. The quantitative estimate of drug-likeness (QED) is 0.577. The summed E-state index contributed by atoms with van der Waals surface area (Å²) in [5, 5.41) is 18.9. The van der Waals surface area contributed by atoms with Gasteiger partial charge in [0.15, 0.2) is 4.32 Å². The van der Waals surface area contributed by atoms with E-state index in [1.807, 2.05) is 24.3 Å². The molecule has 3 rings (SSSR count). The topological polar surface area (TPSA) is 77.8 Å². The van der Waals surface area contributed by atoms with Gasteiger partial charge < -0.3 is 10.2 Å². The van der Waals surface area contributed by atoms with Gasteiger partial charge in [-0.25, -0.2) is 4.79 Å². The average molecular weight is 399 g/mol. The first-order valence-electron chi connectivity index (χ1n) is 8.22. The van der Waals surface area contributed by atoms with Crippen molar-refractivity contribution in [1.29, 1.82) is 0 Å². The number of carboxylic acid groups (broad SMARTS) is 1. The van der Waals surface area contributed by atoms with Gasteiger partial charge in [0.05, 0.1) is 10.6 Å². The lowest BCUT2D eigenvalue weighted by atomic mass is 10.0. The number of carboxylic acids is 1. The van der Waals surface area contributed by atoms with E-state index >= 15 is 0 Å². The molecule has 1 heterocycles. The minimum absolute atomic E-state index is 0.232. The molecular weight excluding hydrogens is 382 g/mol. The molecule has 0 radical (unpaired) electrons. The molecule has 0 spiro atoms. The number of benzene rings is 2. The molecule has 27 heavy (non-hydrogen) atoms. The Balaban J connectivity index is 1.89. The number of carbonyl (C=O) groups excluding carboxylic acids is 1. The summed E-state index contributed by atoms with van der Waals surface area (Å²) in [6.45, 7) is 4.23. The van der Waals surface area contributed by atoms with Crippen LogP contribution in [0.3, 0.4) is 0 Å². The van der Waals surface area contributed by atoms with Gasteiger partial charge >= 0.3 is 5.97 Å². The number of anilines is 1. The molecule has 0 bridgehead atoms. The number of thioether (sulfide) groups is 1. The van der Waals surface area contributed by atoms with E-state index in [2.05, 4.69) is 13.8 Å². The van der Waals surface area contributed by atoms with E-state index in [4.69, 9.17) is 17.3 Å². The van der Waals surface area contributed by atoms with Crippen LogP contribution in [0.1, 0.15) is 41.3 Å². The van der Waals surface area contributed by atoms with Crippen LogP contribution in [-0.4, -0.2) is 26.4 Å². The van der Waals surface area contributed by atoms with E-state index in [1.54, 1.807) is 6.08 Å². The lowest BCUT2D eigenvalue weighted by Gasteiger charge is -2.15. The number of hydrogen-bond acceptors (Lipinski definition) is 5. The summed E-state index contributed by atoms with van der Waals surface area (Å²) in [7, 11) is 0. The monoisotopic (exact) mass is 399 g/mol. The third kappa shape index (κ3) is 3.89. The second-order valence-electron chi connectivity index (χ2n) is 6.35. The van der Waals surface area contributed by atoms with Crippen LogP contribution in [0.15, 0.2) is 47.4 Å². The van der Waals surface area contributed by atoms with E-state index in [0.717, 1.165) is 5.56 Å². The number of thiocarbonyl (C=S) groups is 1. The molecule has 1 saturated heterocycles. The highest BCUT2D eigenvalue weighted by Crippen LogP contribution is 2.37. The number of nitrogens with zero attached hydrogens (tertiary/aromatic N) is 1. The summed E-state index contributed by atoms with van der Waals surface area (Å²) >= 11 is 6.47. The van der Waals surface area contributed by atoms with Crippen LogP contribution in [0.5, 0.6) is 5.75 Å². The van der Waals surface area contributed by atoms with Crippen LogP contribution in [0.4, 0.5) is 5.69 Å². The van der Waals surface area contributed by atoms with Crippen LogP contribution in [0.2, 0.25) is 0 Å². The number of carbonyl (C=O) groups is 2. The number of phenols is 1. The lowest BCUT2D eigenvalue weighted by Crippen LogP contribution is -2.27. The Morgan fingerprint density at radius 1 is 1.19 bits per heavy atom. The van der Waals surface area contributed by atoms with Crippen molar-refractivity contribution in [3.05, 3.63) is 64.1 Å². The van der Waals surface area contributed by atoms with Gasteiger partial charge in [-0.3, -0.25) is 9.69 Å². The smallest absolute Gasteiger partial charge is 0.339 e. The van der Waals surface area contributed by atoms with Crippen LogP contribution in [0, 0.1) is 0 Å². The highest BCUT2D eigenvalue weighted by atomic mass is 32.2. The Labute approximate surface area is 166 Å². The van der Waals surface area contributed by atoms with Gasteiger partial charge in [-0.05, 0) is 35.3 Å². The Kier molecular flexibility index (Phi) is 5.34. The molecule has 1 aliphatic heterocycles. The molecule has 2 aromatic rings. The fourth-order valence-corrected chi connectivity index (χ4v) is 3.96. The van der Waals surface area contributed by atoms with Crippen molar-refractivity contribution in [2.45, 2.75) is 19.8 Å². The predicted octanol–water partition coefficient (Wildman–Crippen LogP) is 4.62. The first kappa shape index (κ1) is 19.1. The van der Waals surface area contributed by atoms with Crippen molar-refractivity contribution in [3.8, 4) is 5.75 Å². The van der Waals surface area contributed by atoms with Crippen molar-refractivity contribution >= 4 is 51.9 Å². The second kappa shape index (κ2) is 7.54. The van der Waals surface area contributed by atoms with Gasteiger partial charge in [-0.2, -0.15) is 0 Å². The maximum atomic E-state index is 12.8. The summed E-state index contributed by atoms with van der Waals surface area (Å²) in [4.78, 5) is 25.6. The summed E-state index contributed by atoms with van der Waals surface area (Å²) in [5.41, 5.74) is 2.21. The Hall–Kier alpha value is -2.64. The molecule has 0 aromatic heterocycles. The lowest BCUT2D eigenvalue weighted by molar-refractivity contribution is -0.113. The minimum atomic E-state index is -1.24. The normalized spacial score (nSPS) is 15.8. The van der Waals surface area contributed by atoms with Crippen LogP contribution in [-0.2, 0) is 4.79 Å². The largest absolute Gasteiger partial charge is 0.507 e. The zero-order valence-electron chi connectivity index (χ0n) is 14.7. The molecule has 5 nitrogen and oxygen atoms in total. The van der Waals surface area contributed by atoms with Gasteiger partial charge in [0.1, 0.15) is 11.3 Å². The third-order valence-corrected chi connectivity index (χ3v) is 5.47. The van der Waals surface area contributed by atoms with Crippen molar-refractivity contribution in [2.24, 2.45) is 0 Å². The van der Waals surface area contributed by atoms with E-state index in [1.165, 1.54) is 40.4 Å². The Morgan fingerprint density at radius 3 is 2.41 bits per heavy atom. The zero-order valence-corrected chi connectivity index (χ0v) is 16.3. The molecule has 7 heteroatoms. The SMILES string of the molecule is CC(C)c1ccc(C=C2SC(=S)N(c3ccc(C(=O)O)c(O)c3)C2=O)cc1. The summed E-state index contributed by atoms with van der Waals surface area (Å²) in [6.07, 6.45) is 1.77. The summed E-state index contributed by atoms with van der Waals surface area (Å²) in [5.74, 6) is -1.53. The standard InChI is InChI=1S/C20H17NO4S2/c1-11(2)13-5-3-12(4-6-13)9-17-18(23)21(20(26)27-17)14-7-8-15(19(24)25)16(22)10-14/h3-11,22H,1-2H3,(H,24,25). The van der Waals surface area contributed by atoms with Crippen molar-refractivity contribution < 1.29 is 19.8 Å². The predicted molar refractivity (Wildman–Crippen MR) is 111 cm³/mol. The Bertz CT molecular complexity index is 964. The van der Waals surface area contributed by atoms with Gasteiger partial charge in [0, 0.05) is 6.07 Å². The molecule has 1 amide bonds. The Morgan fingerprint density at radius 2 is 1.85 bits per heavy atom. The van der Waals surface area contributed by atoms with E-state index < -0.39 is 11.7 Å². The number of aromatic carboxylic acids is 1. The zero-order chi connectivity index (χ0) is 19.7. The summed E-state index contributed by atoms with van der Waals surface area (Å²) in [6, 6.07) is 11.9. The molecule has 0 atom stereocenters.